The molecule has 2 N–H and O–H groups in total. The molecule has 0 amide bonds. The summed E-state index contributed by atoms with van der Waals surface area (Å²) in [7, 11) is 1.87. The van der Waals surface area contributed by atoms with Crippen molar-refractivity contribution in [3.05, 3.63) is 58.4 Å². The quantitative estimate of drug-likeness (QED) is 0.864. The molecule has 0 saturated heterocycles. The average Bonchev–Trinajstić information content (AvgIpc) is 2.41. The topological polar surface area (TPSA) is 24.1 Å². The van der Waals surface area contributed by atoms with E-state index in [4.69, 9.17) is 11.6 Å². The Kier molecular flexibility index (Phi) is 4.27. The number of hydrogen-bond donors (Lipinski definition) is 2. The van der Waals surface area contributed by atoms with Crippen LogP contribution in [0.3, 0.4) is 0 Å². The van der Waals surface area contributed by atoms with Crippen molar-refractivity contribution in [3.63, 3.8) is 0 Å². The highest BCUT2D eigenvalue weighted by atomic mass is 35.5. The van der Waals surface area contributed by atoms with E-state index in [1.807, 2.05) is 31.3 Å². The van der Waals surface area contributed by atoms with Gasteiger partial charge in [0, 0.05) is 30.0 Å². The van der Waals surface area contributed by atoms with Crippen molar-refractivity contribution in [1.29, 1.82) is 0 Å². The van der Waals surface area contributed by atoms with Crippen LogP contribution in [0, 0.1) is 12.7 Å². The molecule has 0 radical (unpaired) electrons. The molecular weight excluding hydrogens is 263 g/mol. The average molecular weight is 279 g/mol. The first kappa shape index (κ1) is 13.7. The zero-order chi connectivity index (χ0) is 13.8. The molecule has 0 fully saturated rings. The summed E-state index contributed by atoms with van der Waals surface area (Å²) in [5.41, 5.74) is 3.29. The lowest BCUT2D eigenvalue weighted by atomic mass is 10.1. The number of hydrogen-bond acceptors (Lipinski definition) is 2. The summed E-state index contributed by atoms with van der Waals surface area (Å²) in [5.74, 6) is -0.231. The van der Waals surface area contributed by atoms with Gasteiger partial charge < -0.3 is 10.6 Å². The van der Waals surface area contributed by atoms with Gasteiger partial charge in [-0.3, -0.25) is 0 Å². The Labute approximate surface area is 117 Å². The van der Waals surface area contributed by atoms with Crippen molar-refractivity contribution in [2.45, 2.75) is 13.5 Å². The molecule has 0 aliphatic rings. The van der Waals surface area contributed by atoms with E-state index in [2.05, 4.69) is 10.6 Å². The summed E-state index contributed by atoms with van der Waals surface area (Å²) in [6.07, 6.45) is 0. The maximum absolute atomic E-state index is 13.5. The molecule has 0 heterocycles. The highest BCUT2D eigenvalue weighted by molar-refractivity contribution is 6.31. The molecule has 19 heavy (non-hydrogen) atoms. The summed E-state index contributed by atoms with van der Waals surface area (Å²) in [6.45, 7) is 2.19. The van der Waals surface area contributed by atoms with Gasteiger partial charge in [0.2, 0.25) is 0 Å². The summed E-state index contributed by atoms with van der Waals surface area (Å²) in [6, 6.07) is 11.0. The molecule has 0 spiro atoms. The van der Waals surface area contributed by atoms with Gasteiger partial charge in [0.05, 0.1) is 0 Å². The lowest BCUT2D eigenvalue weighted by Gasteiger charge is -2.10. The number of benzene rings is 2. The fourth-order valence-corrected chi connectivity index (χ4v) is 2.09. The molecule has 0 saturated carbocycles. The van der Waals surface area contributed by atoms with Crippen molar-refractivity contribution >= 4 is 23.0 Å². The molecular formula is C15H16ClFN2. The van der Waals surface area contributed by atoms with Crippen molar-refractivity contribution < 1.29 is 4.39 Å². The molecule has 0 aliphatic heterocycles. The van der Waals surface area contributed by atoms with Gasteiger partial charge in [-0.25, -0.2) is 4.39 Å². The van der Waals surface area contributed by atoms with Crippen LogP contribution < -0.4 is 10.6 Å². The minimum absolute atomic E-state index is 0.231. The molecule has 100 valence electrons. The van der Waals surface area contributed by atoms with Crippen LogP contribution in [0.2, 0.25) is 5.02 Å². The van der Waals surface area contributed by atoms with Gasteiger partial charge in [0.25, 0.3) is 0 Å². The van der Waals surface area contributed by atoms with E-state index in [0.29, 0.717) is 17.1 Å². The Morgan fingerprint density at radius 2 is 1.89 bits per heavy atom. The molecule has 0 atom stereocenters. The normalized spacial score (nSPS) is 10.3. The Bertz CT molecular complexity index is 584. The van der Waals surface area contributed by atoms with Gasteiger partial charge in [-0.2, -0.15) is 0 Å². The number of anilines is 2. The van der Waals surface area contributed by atoms with Crippen LogP contribution in [0.15, 0.2) is 36.4 Å². The zero-order valence-electron chi connectivity index (χ0n) is 10.9. The number of rotatable bonds is 4. The lowest BCUT2D eigenvalue weighted by molar-refractivity contribution is 0.616. The van der Waals surface area contributed by atoms with Gasteiger partial charge in [-0.05, 0) is 48.4 Å². The van der Waals surface area contributed by atoms with Gasteiger partial charge in [0.1, 0.15) is 5.82 Å². The van der Waals surface area contributed by atoms with Crippen LogP contribution in [-0.4, -0.2) is 7.05 Å². The standard InChI is InChI=1S/C15H16ClFN2/c1-10-6-14(16)11(7-15(10)17)9-19-13-5-3-4-12(8-13)18-2/h3-8,18-19H,9H2,1-2H3. The molecule has 0 unspecified atom stereocenters. The first-order valence-electron chi connectivity index (χ1n) is 6.06. The second-order valence-corrected chi connectivity index (χ2v) is 4.78. The van der Waals surface area contributed by atoms with E-state index in [1.165, 1.54) is 6.07 Å². The van der Waals surface area contributed by atoms with Crippen molar-refractivity contribution in [1.82, 2.24) is 0 Å². The first-order valence-corrected chi connectivity index (χ1v) is 6.44. The summed E-state index contributed by atoms with van der Waals surface area (Å²) < 4.78 is 13.5. The molecule has 2 rings (SSSR count). The highest BCUT2D eigenvalue weighted by Crippen LogP contribution is 2.22. The highest BCUT2D eigenvalue weighted by Gasteiger charge is 2.05. The van der Waals surface area contributed by atoms with E-state index in [1.54, 1.807) is 13.0 Å². The molecule has 0 aromatic heterocycles. The van der Waals surface area contributed by atoms with Crippen molar-refractivity contribution in [3.8, 4) is 0 Å². The Morgan fingerprint density at radius 1 is 1.16 bits per heavy atom. The van der Waals surface area contributed by atoms with E-state index >= 15 is 0 Å². The minimum Gasteiger partial charge on any atom is -0.388 e. The molecule has 2 nitrogen and oxygen atoms in total. The van der Waals surface area contributed by atoms with E-state index in [-0.39, 0.29) is 5.82 Å². The third-order valence-electron chi connectivity index (χ3n) is 2.96. The number of nitrogens with one attached hydrogen (secondary N) is 2. The van der Waals surface area contributed by atoms with Crippen molar-refractivity contribution in [2.75, 3.05) is 17.7 Å². The van der Waals surface area contributed by atoms with Gasteiger partial charge >= 0.3 is 0 Å². The van der Waals surface area contributed by atoms with Crippen molar-refractivity contribution in [2.24, 2.45) is 0 Å². The second kappa shape index (κ2) is 5.93. The third kappa shape index (κ3) is 3.38. The molecule has 0 aliphatic carbocycles. The van der Waals surface area contributed by atoms with Gasteiger partial charge in [-0.1, -0.05) is 17.7 Å². The minimum atomic E-state index is -0.231. The predicted molar refractivity (Wildman–Crippen MR) is 79.5 cm³/mol. The molecule has 2 aromatic carbocycles. The van der Waals surface area contributed by atoms with Crippen LogP contribution in [0.5, 0.6) is 0 Å². The predicted octanol–water partition coefficient (Wildman–Crippen LogP) is 4.44. The first-order chi connectivity index (χ1) is 9.10. The van der Waals surface area contributed by atoms with E-state index in [9.17, 15) is 4.39 Å². The largest absolute Gasteiger partial charge is 0.388 e. The Morgan fingerprint density at radius 3 is 2.63 bits per heavy atom. The maximum Gasteiger partial charge on any atom is 0.126 e. The van der Waals surface area contributed by atoms with E-state index < -0.39 is 0 Å². The van der Waals surface area contributed by atoms with E-state index in [0.717, 1.165) is 16.9 Å². The summed E-state index contributed by atoms with van der Waals surface area (Å²) in [5, 5.41) is 6.88. The maximum atomic E-state index is 13.5. The summed E-state index contributed by atoms with van der Waals surface area (Å²) >= 11 is 6.11. The molecule has 2 aromatic rings. The Hall–Kier alpha value is -1.74. The number of halogens is 2. The Balaban J connectivity index is 2.12. The third-order valence-corrected chi connectivity index (χ3v) is 3.31. The van der Waals surface area contributed by atoms with Crippen LogP contribution >= 0.6 is 11.6 Å². The molecule has 4 heteroatoms. The second-order valence-electron chi connectivity index (χ2n) is 4.38. The lowest BCUT2D eigenvalue weighted by Crippen LogP contribution is -2.02. The SMILES string of the molecule is CNc1cccc(NCc2cc(F)c(C)cc2Cl)c1. The van der Waals surface area contributed by atoms with Crippen LogP contribution in [0.4, 0.5) is 15.8 Å². The fourth-order valence-electron chi connectivity index (χ4n) is 1.80. The van der Waals surface area contributed by atoms with Crippen LogP contribution in [-0.2, 0) is 6.54 Å². The zero-order valence-corrected chi connectivity index (χ0v) is 11.7. The van der Waals surface area contributed by atoms with Crippen LogP contribution in [0.25, 0.3) is 0 Å². The number of aryl methyl sites for hydroxylation is 1. The van der Waals surface area contributed by atoms with Gasteiger partial charge in [0.15, 0.2) is 0 Å². The van der Waals surface area contributed by atoms with Crippen LogP contribution in [0.1, 0.15) is 11.1 Å². The smallest absolute Gasteiger partial charge is 0.126 e. The summed E-state index contributed by atoms with van der Waals surface area (Å²) in [4.78, 5) is 0. The van der Waals surface area contributed by atoms with Gasteiger partial charge in [-0.15, -0.1) is 0 Å². The fraction of sp³-hybridized carbons (Fsp3) is 0.200. The molecule has 0 bridgehead atoms. The monoisotopic (exact) mass is 278 g/mol.